The second-order valence-corrected chi connectivity index (χ2v) is 4.01. The van der Waals surface area contributed by atoms with Gasteiger partial charge in [0.2, 0.25) is 0 Å². The Labute approximate surface area is 87.8 Å². The van der Waals surface area contributed by atoms with Gasteiger partial charge in [0.05, 0.1) is 11.4 Å². The van der Waals surface area contributed by atoms with Gasteiger partial charge in [-0.25, -0.2) is 5.01 Å². The molecule has 1 aliphatic rings. The number of carbonyl (C=O) groups excluding carboxylic acids is 1. The number of hydrazine groups is 1. The van der Waals surface area contributed by atoms with Crippen molar-refractivity contribution in [2.45, 2.75) is 18.8 Å². The van der Waals surface area contributed by atoms with Crippen molar-refractivity contribution in [3.05, 3.63) is 11.4 Å². The van der Waals surface area contributed by atoms with Crippen LogP contribution in [0.15, 0.2) is 0 Å². The van der Waals surface area contributed by atoms with Crippen LogP contribution in [0.4, 0.5) is 5.69 Å². The van der Waals surface area contributed by atoms with Crippen molar-refractivity contribution in [1.29, 1.82) is 0 Å². The van der Waals surface area contributed by atoms with E-state index in [4.69, 9.17) is 5.73 Å². The number of anilines is 1. The van der Waals surface area contributed by atoms with Crippen molar-refractivity contribution in [2.24, 2.45) is 0 Å². The zero-order chi connectivity index (χ0) is 11.0. The molecule has 2 rings (SSSR count). The quantitative estimate of drug-likeness (QED) is 0.615. The van der Waals surface area contributed by atoms with Gasteiger partial charge in [0.25, 0.3) is 5.91 Å². The molecule has 1 amide bonds. The lowest BCUT2D eigenvalue weighted by molar-refractivity contribution is 0.0852. The molecule has 15 heavy (non-hydrogen) atoms. The molecule has 0 aliphatic heterocycles. The molecule has 0 radical (unpaired) electrons. The minimum Gasteiger partial charge on any atom is -0.395 e. The van der Waals surface area contributed by atoms with Gasteiger partial charge in [-0.3, -0.25) is 15.3 Å². The number of nitrogens with two attached hydrogens (primary N) is 1. The maximum absolute atomic E-state index is 11.6. The second kappa shape index (κ2) is 3.54. The summed E-state index contributed by atoms with van der Waals surface area (Å²) in [6, 6.07) is 0. The molecular weight excluding hydrogens is 194 g/mol. The number of carbonyl (C=O) groups is 1. The Balaban J connectivity index is 2.17. The first-order valence-corrected chi connectivity index (χ1v) is 4.91. The van der Waals surface area contributed by atoms with Gasteiger partial charge in [0.15, 0.2) is 5.69 Å². The molecule has 1 aromatic rings. The fourth-order valence-corrected chi connectivity index (χ4v) is 1.48. The lowest BCUT2D eigenvalue weighted by Gasteiger charge is -2.10. The highest BCUT2D eigenvalue weighted by Crippen LogP contribution is 2.42. The lowest BCUT2D eigenvalue weighted by atomic mass is 10.2. The summed E-state index contributed by atoms with van der Waals surface area (Å²) >= 11 is 0. The molecule has 1 aliphatic carbocycles. The topological polar surface area (TPSA) is 87.0 Å². The van der Waals surface area contributed by atoms with Crippen LogP contribution in [-0.4, -0.2) is 35.2 Å². The van der Waals surface area contributed by atoms with E-state index < -0.39 is 0 Å². The Morgan fingerprint density at radius 1 is 1.60 bits per heavy atom. The minimum atomic E-state index is -0.277. The third-order valence-electron chi connectivity index (χ3n) is 2.36. The van der Waals surface area contributed by atoms with Crippen molar-refractivity contribution in [1.82, 2.24) is 20.6 Å². The second-order valence-electron chi connectivity index (χ2n) is 4.01. The van der Waals surface area contributed by atoms with Gasteiger partial charge in [-0.05, 0) is 12.8 Å². The van der Waals surface area contributed by atoms with Gasteiger partial charge in [0.1, 0.15) is 0 Å². The maximum Gasteiger partial charge on any atom is 0.288 e. The number of nitrogens with zero attached hydrogens (tertiary/aromatic N) is 2. The molecule has 1 fully saturated rings. The Morgan fingerprint density at radius 3 is 2.80 bits per heavy atom. The standard InChI is InChI=1S/C9H15N5O/c1-14(2)13-9(15)8-6(10)7(11-12-8)5-3-4-5/h5H,3-4,10H2,1-2H3,(H,11,12)(H,13,15). The SMILES string of the molecule is CN(C)NC(=O)c1n[nH]c(C2CC2)c1N. The first kappa shape index (κ1) is 9.97. The number of hydrogen-bond donors (Lipinski definition) is 3. The highest BCUT2D eigenvalue weighted by molar-refractivity contribution is 5.97. The normalized spacial score (nSPS) is 15.7. The van der Waals surface area contributed by atoms with Crippen LogP contribution in [-0.2, 0) is 0 Å². The number of aromatic amines is 1. The highest BCUT2D eigenvalue weighted by atomic mass is 16.2. The molecule has 1 saturated carbocycles. The van der Waals surface area contributed by atoms with E-state index in [-0.39, 0.29) is 11.6 Å². The Hall–Kier alpha value is -1.56. The number of rotatable bonds is 3. The maximum atomic E-state index is 11.6. The predicted octanol–water partition coefficient (Wildman–Crippen LogP) is 0.0757. The number of nitrogens with one attached hydrogen (secondary N) is 2. The average molecular weight is 209 g/mol. The summed E-state index contributed by atoms with van der Waals surface area (Å²) in [4.78, 5) is 11.6. The molecule has 0 unspecified atom stereocenters. The summed E-state index contributed by atoms with van der Waals surface area (Å²) < 4.78 is 0. The molecule has 1 aromatic heterocycles. The highest BCUT2D eigenvalue weighted by Gasteiger charge is 2.30. The lowest BCUT2D eigenvalue weighted by Crippen LogP contribution is -2.36. The molecule has 0 aromatic carbocycles. The van der Waals surface area contributed by atoms with E-state index in [1.807, 2.05) is 0 Å². The number of H-pyrrole nitrogens is 1. The summed E-state index contributed by atoms with van der Waals surface area (Å²) in [7, 11) is 3.48. The molecule has 0 atom stereocenters. The fourth-order valence-electron chi connectivity index (χ4n) is 1.48. The van der Waals surface area contributed by atoms with Gasteiger partial charge in [-0.2, -0.15) is 5.10 Å². The number of hydrogen-bond acceptors (Lipinski definition) is 4. The average Bonchev–Trinajstić information content (AvgIpc) is 2.89. The van der Waals surface area contributed by atoms with Crippen molar-refractivity contribution < 1.29 is 4.79 Å². The van der Waals surface area contributed by atoms with Crippen LogP contribution in [0.5, 0.6) is 0 Å². The zero-order valence-corrected chi connectivity index (χ0v) is 8.87. The predicted molar refractivity (Wildman–Crippen MR) is 56.1 cm³/mol. The van der Waals surface area contributed by atoms with Gasteiger partial charge < -0.3 is 5.73 Å². The largest absolute Gasteiger partial charge is 0.395 e. The summed E-state index contributed by atoms with van der Waals surface area (Å²) in [5.74, 6) is 0.194. The van der Waals surface area contributed by atoms with E-state index >= 15 is 0 Å². The Morgan fingerprint density at radius 2 is 2.27 bits per heavy atom. The summed E-state index contributed by atoms with van der Waals surface area (Å²) in [5.41, 5.74) is 10.1. The molecular formula is C9H15N5O. The first-order chi connectivity index (χ1) is 7.09. The molecule has 6 nitrogen and oxygen atoms in total. The van der Waals surface area contributed by atoms with Gasteiger partial charge in [0, 0.05) is 20.0 Å². The van der Waals surface area contributed by atoms with Crippen molar-refractivity contribution >= 4 is 11.6 Å². The van der Waals surface area contributed by atoms with E-state index in [9.17, 15) is 4.79 Å². The van der Waals surface area contributed by atoms with E-state index in [1.165, 1.54) is 0 Å². The van der Waals surface area contributed by atoms with E-state index in [0.717, 1.165) is 18.5 Å². The van der Waals surface area contributed by atoms with Gasteiger partial charge in [-0.1, -0.05) is 0 Å². The minimum absolute atomic E-state index is 0.277. The van der Waals surface area contributed by atoms with Crippen LogP contribution < -0.4 is 11.2 Å². The van der Waals surface area contributed by atoms with Crippen LogP contribution in [0.2, 0.25) is 0 Å². The summed E-state index contributed by atoms with van der Waals surface area (Å²) in [6.07, 6.45) is 2.25. The molecule has 6 heteroatoms. The summed E-state index contributed by atoms with van der Waals surface area (Å²) in [5, 5.41) is 8.34. The van der Waals surface area contributed by atoms with Crippen LogP contribution in [0, 0.1) is 0 Å². The van der Waals surface area contributed by atoms with E-state index in [0.29, 0.717) is 11.6 Å². The van der Waals surface area contributed by atoms with Crippen LogP contribution in [0.25, 0.3) is 0 Å². The van der Waals surface area contributed by atoms with Crippen LogP contribution >= 0.6 is 0 Å². The van der Waals surface area contributed by atoms with Gasteiger partial charge in [-0.15, -0.1) is 0 Å². The number of aromatic nitrogens is 2. The summed E-state index contributed by atoms with van der Waals surface area (Å²) in [6.45, 7) is 0. The van der Waals surface area contributed by atoms with E-state index in [2.05, 4.69) is 15.6 Å². The third-order valence-corrected chi connectivity index (χ3v) is 2.36. The van der Waals surface area contributed by atoms with Crippen molar-refractivity contribution in [3.63, 3.8) is 0 Å². The monoisotopic (exact) mass is 209 g/mol. The first-order valence-electron chi connectivity index (χ1n) is 4.91. The fraction of sp³-hybridized carbons (Fsp3) is 0.556. The van der Waals surface area contributed by atoms with Crippen LogP contribution in [0.1, 0.15) is 34.9 Å². The van der Waals surface area contributed by atoms with E-state index in [1.54, 1.807) is 19.1 Å². The molecule has 0 spiro atoms. The van der Waals surface area contributed by atoms with Crippen molar-refractivity contribution in [3.8, 4) is 0 Å². The Bertz CT molecular complexity index is 380. The van der Waals surface area contributed by atoms with Gasteiger partial charge >= 0.3 is 0 Å². The van der Waals surface area contributed by atoms with Crippen molar-refractivity contribution in [2.75, 3.05) is 19.8 Å². The smallest absolute Gasteiger partial charge is 0.288 e. The zero-order valence-electron chi connectivity index (χ0n) is 8.87. The molecule has 0 bridgehead atoms. The van der Waals surface area contributed by atoms with Crippen LogP contribution in [0.3, 0.4) is 0 Å². The molecule has 1 heterocycles. The third kappa shape index (κ3) is 1.94. The molecule has 82 valence electrons. The Kier molecular flexibility index (Phi) is 2.36. The molecule has 0 saturated heterocycles. The molecule has 4 N–H and O–H groups in total. The number of nitrogen functional groups attached to an aromatic ring is 1. The number of amides is 1.